The molecular weight excluding hydrogens is 202 g/mol. The van der Waals surface area contributed by atoms with Gasteiger partial charge in [0.25, 0.3) is 0 Å². The first-order valence-electron chi connectivity index (χ1n) is 5.24. The Labute approximate surface area is 94.1 Å². The maximum Gasteiger partial charge on any atom is 0.197 e. The number of carbonyl (C=O) groups excluding carboxylic acids is 1. The molecule has 82 valence electrons. The van der Waals surface area contributed by atoms with Crippen molar-refractivity contribution in [3.63, 3.8) is 0 Å². The molecule has 0 N–H and O–H groups in total. The van der Waals surface area contributed by atoms with Crippen LogP contribution in [-0.2, 0) is 6.42 Å². The molecule has 1 aromatic heterocycles. The molecule has 1 heterocycles. The predicted octanol–water partition coefficient (Wildman–Crippen LogP) is 2.83. The van der Waals surface area contributed by atoms with Crippen LogP contribution in [0.2, 0.25) is 0 Å². The van der Waals surface area contributed by atoms with Crippen LogP contribution in [0.25, 0.3) is 0 Å². The summed E-state index contributed by atoms with van der Waals surface area (Å²) in [6.07, 6.45) is 2.95. The Morgan fingerprint density at radius 3 is 2.75 bits per heavy atom. The van der Waals surface area contributed by atoms with Crippen molar-refractivity contribution in [3.8, 4) is 0 Å². The van der Waals surface area contributed by atoms with Crippen molar-refractivity contribution in [2.75, 3.05) is 0 Å². The van der Waals surface area contributed by atoms with Gasteiger partial charge in [0.05, 0.1) is 0 Å². The molecule has 2 aromatic rings. The smallest absolute Gasteiger partial charge is 0.197 e. The van der Waals surface area contributed by atoms with Crippen molar-refractivity contribution >= 4 is 6.29 Å². The lowest BCUT2D eigenvalue weighted by Gasteiger charge is -2.06. The highest BCUT2D eigenvalue weighted by atomic mass is 16.3. The van der Waals surface area contributed by atoms with E-state index >= 15 is 0 Å². The first-order valence-corrected chi connectivity index (χ1v) is 5.24. The summed E-state index contributed by atoms with van der Waals surface area (Å²) in [7, 11) is 0. The van der Waals surface area contributed by atoms with E-state index in [1.54, 1.807) is 0 Å². The maximum atomic E-state index is 10.5. The normalized spacial score (nSPS) is 12.3. The highest BCUT2D eigenvalue weighted by Gasteiger charge is 2.12. The van der Waals surface area contributed by atoms with Gasteiger partial charge in [-0.3, -0.25) is 4.79 Å². The van der Waals surface area contributed by atoms with Gasteiger partial charge in [-0.1, -0.05) is 37.3 Å². The monoisotopic (exact) mass is 215 g/mol. The van der Waals surface area contributed by atoms with Crippen LogP contribution in [0.5, 0.6) is 0 Å². The van der Waals surface area contributed by atoms with Crippen LogP contribution in [0.1, 0.15) is 34.8 Å². The molecule has 0 saturated heterocycles. The van der Waals surface area contributed by atoms with Gasteiger partial charge in [-0.15, -0.1) is 0 Å². The van der Waals surface area contributed by atoms with Crippen LogP contribution in [0.15, 0.2) is 41.0 Å². The van der Waals surface area contributed by atoms with Gasteiger partial charge in [0.2, 0.25) is 0 Å². The Morgan fingerprint density at radius 1 is 1.38 bits per heavy atom. The van der Waals surface area contributed by atoms with E-state index in [4.69, 9.17) is 4.42 Å². The SMILES string of the molecule is C[C@H](Cc1ccccc1)c1nc(C=O)co1. The number of hydrogen-bond donors (Lipinski definition) is 0. The summed E-state index contributed by atoms with van der Waals surface area (Å²) in [6.45, 7) is 2.04. The summed E-state index contributed by atoms with van der Waals surface area (Å²) < 4.78 is 5.25. The van der Waals surface area contributed by atoms with Crippen LogP contribution in [-0.4, -0.2) is 11.3 Å². The van der Waals surface area contributed by atoms with Crippen molar-refractivity contribution in [2.45, 2.75) is 19.3 Å². The molecule has 0 amide bonds. The minimum atomic E-state index is 0.177. The highest BCUT2D eigenvalue weighted by molar-refractivity contribution is 5.70. The molecule has 3 heteroatoms. The minimum Gasteiger partial charge on any atom is -0.448 e. The first-order chi connectivity index (χ1) is 7.79. The van der Waals surface area contributed by atoms with E-state index in [9.17, 15) is 4.79 Å². The quantitative estimate of drug-likeness (QED) is 0.736. The molecule has 2 rings (SSSR count). The van der Waals surface area contributed by atoms with Crippen molar-refractivity contribution in [1.82, 2.24) is 4.98 Å². The lowest BCUT2D eigenvalue weighted by Crippen LogP contribution is -1.99. The number of carbonyl (C=O) groups is 1. The lowest BCUT2D eigenvalue weighted by molar-refractivity contribution is 0.111. The number of hydrogen-bond acceptors (Lipinski definition) is 3. The Morgan fingerprint density at radius 2 is 2.12 bits per heavy atom. The maximum absolute atomic E-state index is 10.5. The molecule has 0 aliphatic rings. The second-order valence-electron chi connectivity index (χ2n) is 3.82. The summed E-state index contributed by atoms with van der Waals surface area (Å²) in [5.41, 5.74) is 1.59. The third-order valence-corrected chi connectivity index (χ3v) is 2.47. The number of oxazole rings is 1. The van der Waals surface area contributed by atoms with Gasteiger partial charge < -0.3 is 4.42 Å². The van der Waals surface area contributed by atoms with Crippen LogP contribution >= 0.6 is 0 Å². The summed E-state index contributed by atoms with van der Waals surface area (Å²) >= 11 is 0. The van der Waals surface area contributed by atoms with Gasteiger partial charge in [0, 0.05) is 5.92 Å². The molecule has 0 aliphatic carbocycles. The van der Waals surface area contributed by atoms with Gasteiger partial charge in [-0.2, -0.15) is 0 Å². The molecule has 16 heavy (non-hydrogen) atoms. The zero-order valence-electron chi connectivity index (χ0n) is 9.09. The molecule has 0 fully saturated rings. The predicted molar refractivity (Wildman–Crippen MR) is 60.5 cm³/mol. The van der Waals surface area contributed by atoms with Gasteiger partial charge in [0.15, 0.2) is 12.2 Å². The van der Waals surface area contributed by atoms with E-state index in [1.807, 2.05) is 25.1 Å². The Kier molecular flexibility index (Phi) is 3.15. The fourth-order valence-electron chi connectivity index (χ4n) is 1.64. The molecule has 0 aliphatic heterocycles. The van der Waals surface area contributed by atoms with E-state index in [2.05, 4.69) is 17.1 Å². The first kappa shape index (κ1) is 10.6. The second-order valence-corrected chi connectivity index (χ2v) is 3.82. The molecule has 0 saturated carbocycles. The van der Waals surface area contributed by atoms with Gasteiger partial charge in [-0.25, -0.2) is 4.98 Å². The zero-order chi connectivity index (χ0) is 11.4. The van der Waals surface area contributed by atoms with Crippen LogP contribution in [0, 0.1) is 0 Å². The lowest BCUT2D eigenvalue weighted by atomic mass is 10.0. The number of rotatable bonds is 4. The molecule has 0 bridgehead atoms. The Bertz CT molecular complexity index is 462. The fourth-order valence-corrected chi connectivity index (χ4v) is 1.64. The summed E-state index contributed by atoms with van der Waals surface area (Å²) in [4.78, 5) is 14.6. The van der Waals surface area contributed by atoms with Crippen molar-refractivity contribution < 1.29 is 9.21 Å². The van der Waals surface area contributed by atoms with Gasteiger partial charge in [-0.05, 0) is 12.0 Å². The summed E-state index contributed by atoms with van der Waals surface area (Å²) in [5, 5.41) is 0. The largest absolute Gasteiger partial charge is 0.448 e. The Balaban J connectivity index is 2.08. The van der Waals surface area contributed by atoms with Crippen molar-refractivity contribution in [3.05, 3.63) is 53.7 Å². The van der Waals surface area contributed by atoms with Crippen LogP contribution in [0.3, 0.4) is 0 Å². The van der Waals surface area contributed by atoms with Crippen molar-refractivity contribution in [2.24, 2.45) is 0 Å². The van der Waals surface area contributed by atoms with Crippen LogP contribution in [0.4, 0.5) is 0 Å². The van der Waals surface area contributed by atoms with Gasteiger partial charge >= 0.3 is 0 Å². The fraction of sp³-hybridized carbons (Fsp3) is 0.231. The third-order valence-electron chi connectivity index (χ3n) is 2.47. The van der Waals surface area contributed by atoms with E-state index in [-0.39, 0.29) is 5.92 Å². The average molecular weight is 215 g/mol. The number of aromatic nitrogens is 1. The van der Waals surface area contributed by atoms with E-state index in [1.165, 1.54) is 11.8 Å². The van der Waals surface area contributed by atoms with E-state index in [0.29, 0.717) is 17.9 Å². The molecule has 0 spiro atoms. The highest BCUT2D eigenvalue weighted by Crippen LogP contribution is 2.19. The number of benzene rings is 1. The van der Waals surface area contributed by atoms with Gasteiger partial charge in [0.1, 0.15) is 12.0 Å². The Hall–Kier alpha value is -1.90. The minimum absolute atomic E-state index is 0.177. The molecule has 0 unspecified atom stereocenters. The second kappa shape index (κ2) is 4.75. The molecule has 3 nitrogen and oxygen atoms in total. The standard InChI is InChI=1S/C13H13NO2/c1-10(7-11-5-3-2-4-6-11)13-14-12(8-15)9-16-13/h2-6,8-10H,7H2,1H3/t10-/m1/s1. The zero-order valence-corrected chi connectivity index (χ0v) is 9.09. The average Bonchev–Trinajstić information content (AvgIpc) is 2.79. The molecule has 0 radical (unpaired) electrons. The topological polar surface area (TPSA) is 43.1 Å². The number of nitrogens with zero attached hydrogens (tertiary/aromatic N) is 1. The van der Waals surface area contributed by atoms with Crippen molar-refractivity contribution in [1.29, 1.82) is 0 Å². The molecule has 1 atom stereocenters. The summed E-state index contributed by atoms with van der Waals surface area (Å²) in [6, 6.07) is 10.1. The van der Waals surface area contributed by atoms with E-state index < -0.39 is 0 Å². The molecular formula is C13H13NO2. The summed E-state index contributed by atoms with van der Waals surface area (Å²) in [5.74, 6) is 0.794. The number of aldehydes is 1. The third kappa shape index (κ3) is 2.37. The molecule has 1 aromatic carbocycles. The van der Waals surface area contributed by atoms with E-state index in [0.717, 1.165) is 6.42 Å². The van der Waals surface area contributed by atoms with Crippen LogP contribution < -0.4 is 0 Å².